The van der Waals surface area contributed by atoms with Gasteiger partial charge in [0.2, 0.25) is 0 Å². The molecule has 1 aromatic carbocycles. The summed E-state index contributed by atoms with van der Waals surface area (Å²) in [6.45, 7) is 0. The molecule has 10 heteroatoms. The predicted molar refractivity (Wildman–Crippen MR) is 104 cm³/mol. The van der Waals surface area contributed by atoms with Gasteiger partial charge in [-0.15, -0.1) is 11.3 Å². The summed E-state index contributed by atoms with van der Waals surface area (Å²) in [6, 6.07) is 9.36. The number of non-ortho nitro benzene ring substituents is 1. The van der Waals surface area contributed by atoms with Crippen molar-refractivity contribution in [3.63, 3.8) is 0 Å². The van der Waals surface area contributed by atoms with E-state index >= 15 is 0 Å². The first kappa shape index (κ1) is 17.5. The van der Waals surface area contributed by atoms with E-state index in [0.29, 0.717) is 32.9 Å². The average molecular weight is 393 g/mol. The maximum absolute atomic E-state index is 11.5. The Bertz CT molecular complexity index is 1240. The van der Waals surface area contributed by atoms with Crippen LogP contribution in [0, 0.1) is 10.1 Å². The Hall–Kier alpha value is -3.92. The number of carboxylic acids is 1. The van der Waals surface area contributed by atoms with E-state index in [0.717, 1.165) is 11.3 Å². The van der Waals surface area contributed by atoms with E-state index in [2.05, 4.69) is 15.0 Å². The number of anilines is 1. The number of nitro groups is 1. The molecule has 0 saturated carbocycles. The number of rotatable bonds is 4. The van der Waals surface area contributed by atoms with Gasteiger partial charge < -0.3 is 10.8 Å². The highest BCUT2D eigenvalue weighted by Crippen LogP contribution is 2.40. The van der Waals surface area contributed by atoms with Gasteiger partial charge in [0.25, 0.3) is 5.69 Å². The highest BCUT2D eigenvalue weighted by molar-refractivity contribution is 7.21. The van der Waals surface area contributed by atoms with Gasteiger partial charge >= 0.3 is 5.97 Å². The number of aromatic nitrogens is 3. The third kappa shape index (κ3) is 2.91. The van der Waals surface area contributed by atoms with Gasteiger partial charge in [0, 0.05) is 35.7 Å². The summed E-state index contributed by atoms with van der Waals surface area (Å²) >= 11 is 0.935. The molecule has 0 unspecified atom stereocenters. The summed E-state index contributed by atoms with van der Waals surface area (Å²) < 4.78 is 0. The van der Waals surface area contributed by atoms with Gasteiger partial charge in [0.05, 0.1) is 21.7 Å². The van der Waals surface area contributed by atoms with Crippen LogP contribution in [-0.2, 0) is 0 Å². The van der Waals surface area contributed by atoms with E-state index in [9.17, 15) is 20.0 Å². The molecular weight excluding hydrogens is 382 g/mol. The van der Waals surface area contributed by atoms with Crippen LogP contribution in [-0.4, -0.2) is 31.0 Å². The molecule has 3 heterocycles. The second kappa shape index (κ2) is 6.67. The fraction of sp³-hybridized carbons (Fsp3) is 0. The minimum absolute atomic E-state index is 0.0373. The van der Waals surface area contributed by atoms with E-state index in [4.69, 9.17) is 5.73 Å². The third-order valence-electron chi connectivity index (χ3n) is 4.05. The molecule has 0 amide bonds. The van der Waals surface area contributed by atoms with Crippen molar-refractivity contribution in [2.45, 2.75) is 0 Å². The normalized spacial score (nSPS) is 10.9. The number of nitro benzene ring substituents is 1. The number of nitrogens with two attached hydrogens (primary N) is 1. The average Bonchev–Trinajstić information content (AvgIpc) is 3.05. The molecule has 28 heavy (non-hydrogen) atoms. The molecule has 0 bridgehead atoms. The summed E-state index contributed by atoms with van der Waals surface area (Å²) in [4.78, 5) is 35.5. The Labute approximate surface area is 161 Å². The minimum Gasteiger partial charge on any atom is -0.477 e. The molecular formula is C18H11N5O4S. The Balaban J connectivity index is 2.06. The van der Waals surface area contributed by atoms with Crippen molar-refractivity contribution in [3.05, 3.63) is 63.8 Å². The van der Waals surface area contributed by atoms with Crippen molar-refractivity contribution in [2.24, 2.45) is 0 Å². The first-order valence-corrected chi connectivity index (χ1v) is 8.76. The van der Waals surface area contributed by atoms with Crippen molar-refractivity contribution in [2.75, 3.05) is 5.73 Å². The Kier molecular flexibility index (Phi) is 4.17. The van der Waals surface area contributed by atoms with Crippen molar-refractivity contribution >= 4 is 38.9 Å². The monoisotopic (exact) mass is 393 g/mol. The van der Waals surface area contributed by atoms with Gasteiger partial charge in [0.1, 0.15) is 9.71 Å². The number of hydrogen-bond donors (Lipinski definition) is 2. The van der Waals surface area contributed by atoms with E-state index in [1.165, 1.54) is 18.2 Å². The highest BCUT2D eigenvalue weighted by atomic mass is 32.1. The number of carbonyl (C=O) groups is 1. The number of pyridine rings is 1. The second-order valence-corrected chi connectivity index (χ2v) is 6.77. The number of nitrogens with zero attached hydrogens (tertiary/aromatic N) is 4. The van der Waals surface area contributed by atoms with Gasteiger partial charge in [-0.3, -0.25) is 15.1 Å². The number of fused-ring (bicyclic) bond motifs is 1. The van der Waals surface area contributed by atoms with E-state index in [1.807, 2.05) is 0 Å². The van der Waals surface area contributed by atoms with E-state index in [1.54, 1.807) is 30.6 Å². The SMILES string of the molecule is Nc1c(C(=O)O)sc2nc(-c3ccncc3)nc(-c3cccc([N+](=O)[O-])c3)c12. The van der Waals surface area contributed by atoms with Crippen molar-refractivity contribution in [1.82, 2.24) is 15.0 Å². The molecule has 0 saturated heterocycles. The number of aromatic carboxylic acids is 1. The molecule has 0 radical (unpaired) electrons. The topological polar surface area (TPSA) is 145 Å². The van der Waals surface area contributed by atoms with E-state index in [-0.39, 0.29) is 16.3 Å². The smallest absolute Gasteiger partial charge is 0.348 e. The van der Waals surface area contributed by atoms with Crippen LogP contribution in [0.15, 0.2) is 48.8 Å². The molecule has 0 aliphatic heterocycles. The number of nitrogen functional groups attached to an aromatic ring is 1. The van der Waals surface area contributed by atoms with Gasteiger partial charge in [-0.1, -0.05) is 12.1 Å². The molecule has 3 aromatic heterocycles. The van der Waals surface area contributed by atoms with Gasteiger partial charge in [-0.2, -0.15) is 0 Å². The first-order chi connectivity index (χ1) is 13.5. The molecule has 4 aromatic rings. The molecule has 0 aliphatic carbocycles. The van der Waals surface area contributed by atoms with Crippen LogP contribution in [0.3, 0.4) is 0 Å². The van der Waals surface area contributed by atoms with Crippen LogP contribution in [0.4, 0.5) is 11.4 Å². The predicted octanol–water partition coefficient (Wildman–Crippen LogP) is 3.61. The van der Waals surface area contributed by atoms with Crippen molar-refractivity contribution < 1.29 is 14.8 Å². The summed E-state index contributed by atoms with van der Waals surface area (Å²) in [6.07, 6.45) is 3.17. The van der Waals surface area contributed by atoms with Gasteiger partial charge in [-0.25, -0.2) is 14.8 Å². The molecule has 9 nitrogen and oxygen atoms in total. The van der Waals surface area contributed by atoms with Crippen LogP contribution in [0.1, 0.15) is 9.67 Å². The lowest BCUT2D eigenvalue weighted by Gasteiger charge is -2.07. The maximum atomic E-state index is 11.5. The summed E-state index contributed by atoms with van der Waals surface area (Å²) in [5.41, 5.74) is 7.45. The zero-order chi connectivity index (χ0) is 19.8. The summed E-state index contributed by atoms with van der Waals surface area (Å²) in [5, 5.41) is 20.9. The van der Waals surface area contributed by atoms with Crippen molar-refractivity contribution in [3.8, 4) is 22.6 Å². The summed E-state index contributed by atoms with van der Waals surface area (Å²) in [7, 11) is 0. The molecule has 4 rings (SSSR count). The second-order valence-electron chi connectivity index (χ2n) is 5.77. The number of carboxylic acid groups (broad SMARTS) is 1. The molecule has 0 aliphatic rings. The Morgan fingerprint density at radius 3 is 2.57 bits per heavy atom. The van der Waals surface area contributed by atoms with Crippen LogP contribution in [0.25, 0.3) is 32.9 Å². The largest absolute Gasteiger partial charge is 0.477 e. The maximum Gasteiger partial charge on any atom is 0.348 e. The van der Waals surface area contributed by atoms with Gasteiger partial charge in [0.15, 0.2) is 5.82 Å². The van der Waals surface area contributed by atoms with Crippen LogP contribution < -0.4 is 5.73 Å². The third-order valence-corrected chi connectivity index (χ3v) is 5.14. The number of thiophene rings is 1. The lowest BCUT2D eigenvalue weighted by atomic mass is 10.1. The Morgan fingerprint density at radius 1 is 1.14 bits per heavy atom. The lowest BCUT2D eigenvalue weighted by molar-refractivity contribution is -0.384. The quantitative estimate of drug-likeness (QED) is 0.395. The zero-order valence-electron chi connectivity index (χ0n) is 14.1. The molecule has 3 N–H and O–H groups in total. The lowest BCUT2D eigenvalue weighted by Crippen LogP contribution is -1.99. The standard InChI is InChI=1S/C18H11N5O4S/c19-13-12-14(10-2-1-3-11(8-10)23(26)27)21-16(9-4-6-20-7-5-9)22-17(12)28-15(13)18(24)25/h1-8H,19H2,(H,24,25). The van der Waals surface area contributed by atoms with Crippen LogP contribution in [0.5, 0.6) is 0 Å². The van der Waals surface area contributed by atoms with Crippen LogP contribution >= 0.6 is 11.3 Å². The molecule has 138 valence electrons. The van der Waals surface area contributed by atoms with E-state index < -0.39 is 10.9 Å². The molecule has 0 fully saturated rings. The van der Waals surface area contributed by atoms with Crippen molar-refractivity contribution in [1.29, 1.82) is 0 Å². The summed E-state index contributed by atoms with van der Waals surface area (Å²) in [5.74, 6) is -0.828. The molecule has 0 spiro atoms. The zero-order valence-corrected chi connectivity index (χ0v) is 14.9. The minimum atomic E-state index is -1.17. The van der Waals surface area contributed by atoms with Gasteiger partial charge in [-0.05, 0) is 12.1 Å². The highest BCUT2D eigenvalue weighted by Gasteiger charge is 2.23. The fourth-order valence-corrected chi connectivity index (χ4v) is 3.72. The Morgan fingerprint density at radius 2 is 1.89 bits per heavy atom. The molecule has 0 atom stereocenters. The van der Waals surface area contributed by atoms with Crippen LogP contribution in [0.2, 0.25) is 0 Å². The first-order valence-electron chi connectivity index (χ1n) is 7.94. The number of benzene rings is 1. The number of hydrogen-bond acceptors (Lipinski definition) is 8. The fourth-order valence-electron chi connectivity index (χ4n) is 2.79.